The lowest BCUT2D eigenvalue weighted by Gasteiger charge is -2.28. The van der Waals surface area contributed by atoms with Gasteiger partial charge in [0.1, 0.15) is 5.76 Å². The second-order valence-electron chi connectivity index (χ2n) is 7.20. The van der Waals surface area contributed by atoms with Gasteiger partial charge in [0, 0.05) is 37.2 Å². The van der Waals surface area contributed by atoms with Gasteiger partial charge in [0.2, 0.25) is 11.8 Å². The van der Waals surface area contributed by atoms with Crippen molar-refractivity contribution in [2.75, 3.05) is 13.7 Å². The number of nitrogens with one attached hydrogen (secondary N) is 1. The van der Waals surface area contributed by atoms with E-state index in [2.05, 4.69) is 29.0 Å². The average Bonchev–Trinajstić information content (AvgIpc) is 3.20. The summed E-state index contributed by atoms with van der Waals surface area (Å²) in [4.78, 5) is 18.4. The second-order valence-corrected chi connectivity index (χ2v) is 7.20. The summed E-state index contributed by atoms with van der Waals surface area (Å²) in [5.41, 5.74) is 1.51. The fourth-order valence-corrected chi connectivity index (χ4v) is 3.24. The first-order chi connectivity index (χ1) is 12.9. The second kappa shape index (κ2) is 8.08. The summed E-state index contributed by atoms with van der Waals surface area (Å²) < 4.78 is 24.5. The maximum Gasteiger partial charge on any atom is 0.226 e. The Morgan fingerprint density at radius 3 is 2.85 bits per heavy atom. The molecular weight excluding hydrogens is 349 g/mol. The highest BCUT2D eigenvalue weighted by Crippen LogP contribution is 2.28. The van der Waals surface area contributed by atoms with Crippen molar-refractivity contribution in [1.29, 1.82) is 0 Å². The minimum absolute atomic E-state index is 0.119. The van der Waals surface area contributed by atoms with Crippen LogP contribution in [0, 0.1) is 12.7 Å². The lowest BCUT2D eigenvalue weighted by molar-refractivity contribution is -0.119. The molecule has 0 spiro atoms. The first-order valence-electron chi connectivity index (χ1n) is 9.21. The van der Waals surface area contributed by atoms with Gasteiger partial charge in [-0.3, -0.25) is 9.69 Å². The highest BCUT2D eigenvalue weighted by Gasteiger charge is 2.25. The van der Waals surface area contributed by atoms with E-state index in [1.165, 1.54) is 13.2 Å². The molecule has 1 aliphatic rings. The summed E-state index contributed by atoms with van der Waals surface area (Å²) in [6.07, 6.45) is 1.45. The molecule has 1 aliphatic heterocycles. The molecule has 1 saturated heterocycles. The monoisotopic (exact) mass is 375 g/mol. The van der Waals surface area contributed by atoms with Gasteiger partial charge in [-0.05, 0) is 45.4 Å². The Labute approximate surface area is 158 Å². The molecule has 3 rings (SSSR count). The molecule has 27 heavy (non-hydrogen) atoms. The van der Waals surface area contributed by atoms with Crippen LogP contribution in [0.3, 0.4) is 0 Å². The predicted molar refractivity (Wildman–Crippen MR) is 99.9 cm³/mol. The third-order valence-electron chi connectivity index (χ3n) is 4.91. The van der Waals surface area contributed by atoms with Crippen molar-refractivity contribution >= 4 is 5.91 Å². The Kier molecular flexibility index (Phi) is 5.79. The molecule has 1 unspecified atom stereocenters. The van der Waals surface area contributed by atoms with Crippen LogP contribution in [-0.4, -0.2) is 41.5 Å². The molecule has 0 saturated carbocycles. The van der Waals surface area contributed by atoms with Crippen molar-refractivity contribution in [3.8, 4) is 17.2 Å². The molecule has 2 heterocycles. The summed E-state index contributed by atoms with van der Waals surface area (Å²) in [5, 5.41) is 3.01. The Morgan fingerprint density at radius 2 is 2.22 bits per heavy atom. The number of hydrogen-bond donors (Lipinski definition) is 1. The number of ether oxygens (including phenoxy) is 1. The van der Waals surface area contributed by atoms with Crippen LogP contribution in [0.1, 0.15) is 38.1 Å². The van der Waals surface area contributed by atoms with Gasteiger partial charge in [-0.25, -0.2) is 9.37 Å². The molecule has 6 nitrogen and oxygen atoms in total. The lowest BCUT2D eigenvalue weighted by Crippen LogP contribution is -2.41. The van der Waals surface area contributed by atoms with E-state index in [9.17, 15) is 9.18 Å². The largest absolute Gasteiger partial charge is 0.494 e. The standard InChI is InChI=1S/C20H26FN3O3/c1-12(2)24(10-15-6-8-19(25)22-15)11-17-13(3)27-20(23-17)14-5-7-16(21)18(9-14)26-4/h5,7,9,12,15H,6,8,10-11H2,1-4H3,(H,22,25). The van der Waals surface area contributed by atoms with Gasteiger partial charge in [-0.15, -0.1) is 0 Å². The zero-order valence-electron chi connectivity index (χ0n) is 16.2. The summed E-state index contributed by atoms with van der Waals surface area (Å²) in [6.45, 7) is 7.52. The molecule has 1 aromatic carbocycles. The van der Waals surface area contributed by atoms with Crippen molar-refractivity contribution in [3.05, 3.63) is 35.5 Å². The number of rotatable bonds is 7. The summed E-state index contributed by atoms with van der Waals surface area (Å²) in [5.74, 6) is 1.03. The smallest absolute Gasteiger partial charge is 0.226 e. The third-order valence-corrected chi connectivity index (χ3v) is 4.91. The Morgan fingerprint density at radius 1 is 1.44 bits per heavy atom. The number of methoxy groups -OCH3 is 1. The van der Waals surface area contributed by atoms with Crippen LogP contribution in [0.2, 0.25) is 0 Å². The number of hydrogen-bond acceptors (Lipinski definition) is 5. The fraction of sp³-hybridized carbons (Fsp3) is 0.500. The van der Waals surface area contributed by atoms with E-state index in [4.69, 9.17) is 9.15 Å². The zero-order chi connectivity index (χ0) is 19.6. The molecule has 0 bridgehead atoms. The highest BCUT2D eigenvalue weighted by atomic mass is 19.1. The number of carbonyl (C=O) groups is 1. The van der Waals surface area contributed by atoms with Gasteiger partial charge in [0.25, 0.3) is 0 Å². The third kappa shape index (κ3) is 4.47. The molecule has 146 valence electrons. The lowest BCUT2D eigenvalue weighted by atomic mass is 10.1. The highest BCUT2D eigenvalue weighted by molar-refractivity contribution is 5.78. The van der Waals surface area contributed by atoms with Gasteiger partial charge in [-0.2, -0.15) is 0 Å². The van der Waals surface area contributed by atoms with Crippen molar-refractivity contribution in [1.82, 2.24) is 15.2 Å². The molecule has 7 heteroatoms. The molecule has 0 aliphatic carbocycles. The summed E-state index contributed by atoms with van der Waals surface area (Å²) in [7, 11) is 1.43. The molecule has 1 fully saturated rings. The number of halogens is 1. The normalized spacial score (nSPS) is 17.0. The van der Waals surface area contributed by atoms with E-state index in [0.717, 1.165) is 24.4 Å². The summed E-state index contributed by atoms with van der Waals surface area (Å²) >= 11 is 0. The van der Waals surface area contributed by atoms with E-state index >= 15 is 0 Å². The molecular formula is C20H26FN3O3. The molecule has 1 aromatic heterocycles. The van der Waals surface area contributed by atoms with Crippen LogP contribution in [0.25, 0.3) is 11.5 Å². The predicted octanol–water partition coefficient (Wildman–Crippen LogP) is 3.29. The maximum atomic E-state index is 13.6. The maximum absolute atomic E-state index is 13.6. The first-order valence-corrected chi connectivity index (χ1v) is 9.21. The van der Waals surface area contributed by atoms with E-state index in [-0.39, 0.29) is 17.7 Å². The number of carbonyl (C=O) groups excluding carboxylic acids is 1. The minimum atomic E-state index is -0.422. The van der Waals surface area contributed by atoms with Gasteiger partial charge in [0.15, 0.2) is 11.6 Å². The van der Waals surface area contributed by atoms with Crippen molar-refractivity contribution in [2.24, 2.45) is 0 Å². The van der Waals surface area contributed by atoms with Crippen LogP contribution >= 0.6 is 0 Å². The van der Waals surface area contributed by atoms with Gasteiger partial charge < -0.3 is 14.5 Å². The fourth-order valence-electron chi connectivity index (χ4n) is 3.24. The van der Waals surface area contributed by atoms with E-state index in [1.54, 1.807) is 12.1 Å². The van der Waals surface area contributed by atoms with Gasteiger partial charge in [0.05, 0.1) is 12.8 Å². The summed E-state index contributed by atoms with van der Waals surface area (Å²) in [6, 6.07) is 5.03. The van der Waals surface area contributed by atoms with Crippen LogP contribution in [0.5, 0.6) is 5.75 Å². The Bertz CT molecular complexity index is 819. The molecule has 2 aromatic rings. The molecule has 1 amide bonds. The number of oxazole rings is 1. The SMILES string of the molecule is COc1cc(-c2nc(CN(CC3CCC(=O)N3)C(C)C)c(C)o2)ccc1F. The van der Waals surface area contributed by atoms with E-state index in [1.807, 2.05) is 6.92 Å². The van der Waals surface area contributed by atoms with Gasteiger partial charge in [-0.1, -0.05) is 0 Å². The Hall–Kier alpha value is -2.41. The zero-order valence-corrected chi connectivity index (χ0v) is 16.2. The molecule has 1 atom stereocenters. The van der Waals surface area contributed by atoms with Crippen molar-refractivity contribution in [3.63, 3.8) is 0 Å². The first kappa shape index (κ1) is 19.4. The topological polar surface area (TPSA) is 67.6 Å². The van der Waals surface area contributed by atoms with Gasteiger partial charge >= 0.3 is 0 Å². The molecule has 0 radical (unpaired) electrons. The van der Waals surface area contributed by atoms with Crippen molar-refractivity contribution < 1.29 is 18.3 Å². The van der Waals surface area contributed by atoms with Crippen LogP contribution in [-0.2, 0) is 11.3 Å². The average molecular weight is 375 g/mol. The van der Waals surface area contributed by atoms with E-state index < -0.39 is 5.82 Å². The Balaban J connectivity index is 1.77. The minimum Gasteiger partial charge on any atom is -0.494 e. The van der Waals surface area contributed by atoms with Crippen LogP contribution in [0.4, 0.5) is 4.39 Å². The van der Waals surface area contributed by atoms with Crippen LogP contribution < -0.4 is 10.1 Å². The number of aryl methyl sites for hydroxylation is 1. The number of aromatic nitrogens is 1. The van der Waals surface area contributed by atoms with Crippen LogP contribution in [0.15, 0.2) is 22.6 Å². The number of amides is 1. The number of nitrogens with zero attached hydrogens (tertiary/aromatic N) is 2. The van der Waals surface area contributed by atoms with E-state index in [0.29, 0.717) is 30.5 Å². The molecule has 1 N–H and O–H groups in total. The quantitative estimate of drug-likeness (QED) is 0.804. The number of benzene rings is 1. The van der Waals surface area contributed by atoms with Crippen molar-refractivity contribution in [2.45, 2.75) is 52.2 Å².